The van der Waals surface area contributed by atoms with E-state index in [4.69, 9.17) is 10.5 Å². The highest BCUT2D eigenvalue weighted by molar-refractivity contribution is 9.11. The Kier molecular flexibility index (Phi) is 3.63. The summed E-state index contributed by atoms with van der Waals surface area (Å²) in [6, 6.07) is 3.94. The molecule has 3 N–H and O–H groups in total. The molecule has 1 saturated heterocycles. The van der Waals surface area contributed by atoms with Gasteiger partial charge < -0.3 is 15.8 Å². The van der Waals surface area contributed by atoms with Gasteiger partial charge in [0.25, 0.3) is 0 Å². The van der Waals surface area contributed by atoms with Gasteiger partial charge in [-0.2, -0.15) is 0 Å². The minimum Gasteiger partial charge on any atom is -0.379 e. The van der Waals surface area contributed by atoms with Gasteiger partial charge in [0.1, 0.15) is 5.54 Å². The molecule has 0 aromatic carbocycles. The number of hydrogen-bond acceptors (Lipinski definition) is 4. The Bertz CT molecular complexity index is 388. The zero-order valence-electron chi connectivity index (χ0n) is 8.66. The van der Waals surface area contributed by atoms with Crippen molar-refractivity contribution in [3.63, 3.8) is 0 Å². The highest BCUT2D eigenvalue weighted by atomic mass is 79.9. The van der Waals surface area contributed by atoms with E-state index in [1.165, 1.54) is 0 Å². The first-order chi connectivity index (χ1) is 7.60. The van der Waals surface area contributed by atoms with Crippen LogP contribution in [0.2, 0.25) is 0 Å². The average Bonchev–Trinajstić information content (AvgIpc) is 2.85. The van der Waals surface area contributed by atoms with Crippen LogP contribution in [-0.4, -0.2) is 24.7 Å². The lowest BCUT2D eigenvalue weighted by atomic mass is 9.99. The molecule has 1 aromatic rings. The van der Waals surface area contributed by atoms with Crippen LogP contribution in [0.4, 0.5) is 0 Å². The molecule has 0 saturated carbocycles. The van der Waals surface area contributed by atoms with Crippen molar-refractivity contribution in [1.82, 2.24) is 5.32 Å². The van der Waals surface area contributed by atoms with Crippen LogP contribution in [-0.2, 0) is 16.1 Å². The van der Waals surface area contributed by atoms with E-state index >= 15 is 0 Å². The van der Waals surface area contributed by atoms with Gasteiger partial charge in [-0.05, 0) is 34.5 Å². The van der Waals surface area contributed by atoms with Crippen LogP contribution in [0.5, 0.6) is 0 Å². The predicted octanol–water partition coefficient (Wildman–Crippen LogP) is 1.24. The van der Waals surface area contributed by atoms with Gasteiger partial charge in [-0.25, -0.2) is 0 Å². The highest BCUT2D eigenvalue weighted by Crippen LogP contribution is 2.22. The molecule has 2 heterocycles. The van der Waals surface area contributed by atoms with Crippen LogP contribution in [0.3, 0.4) is 0 Å². The largest absolute Gasteiger partial charge is 0.379 e. The Morgan fingerprint density at radius 1 is 1.69 bits per heavy atom. The molecule has 16 heavy (non-hydrogen) atoms. The molecule has 4 nitrogen and oxygen atoms in total. The molecular weight excluding hydrogens is 292 g/mol. The lowest BCUT2D eigenvalue weighted by Crippen LogP contribution is -2.54. The maximum atomic E-state index is 11.8. The summed E-state index contributed by atoms with van der Waals surface area (Å²) in [5.74, 6) is -0.130. The first-order valence-corrected chi connectivity index (χ1v) is 6.60. The quantitative estimate of drug-likeness (QED) is 0.883. The number of carbonyl (C=O) groups excluding carboxylic acids is 1. The van der Waals surface area contributed by atoms with Crippen LogP contribution in [0.1, 0.15) is 11.3 Å². The monoisotopic (exact) mass is 304 g/mol. The van der Waals surface area contributed by atoms with Gasteiger partial charge in [-0.15, -0.1) is 11.3 Å². The minimum absolute atomic E-state index is 0.130. The highest BCUT2D eigenvalue weighted by Gasteiger charge is 2.37. The van der Waals surface area contributed by atoms with Gasteiger partial charge in [0, 0.05) is 11.5 Å². The van der Waals surface area contributed by atoms with Gasteiger partial charge in [0.2, 0.25) is 5.91 Å². The second-order valence-electron chi connectivity index (χ2n) is 3.85. The molecule has 2 rings (SSSR count). The molecule has 1 aliphatic heterocycles. The predicted molar refractivity (Wildman–Crippen MR) is 66.2 cm³/mol. The van der Waals surface area contributed by atoms with Crippen LogP contribution in [0.15, 0.2) is 15.9 Å². The Morgan fingerprint density at radius 2 is 2.50 bits per heavy atom. The van der Waals surface area contributed by atoms with Crippen LogP contribution in [0, 0.1) is 0 Å². The fourth-order valence-corrected chi connectivity index (χ4v) is 2.97. The summed E-state index contributed by atoms with van der Waals surface area (Å²) in [7, 11) is 0. The van der Waals surface area contributed by atoms with Crippen molar-refractivity contribution in [3.8, 4) is 0 Å². The molecular formula is C10H13BrN2O2S. The maximum absolute atomic E-state index is 11.8. The average molecular weight is 305 g/mol. The number of halogens is 1. The number of nitrogens with two attached hydrogens (primary N) is 1. The number of nitrogens with one attached hydrogen (secondary N) is 1. The SMILES string of the molecule is NC1(C(=O)NCc2ccc(Br)s2)CCOC1. The topological polar surface area (TPSA) is 64.4 Å². The summed E-state index contributed by atoms with van der Waals surface area (Å²) in [5.41, 5.74) is 5.09. The van der Waals surface area contributed by atoms with Gasteiger partial charge in [0.05, 0.1) is 16.9 Å². The second-order valence-corrected chi connectivity index (χ2v) is 6.39. The zero-order chi connectivity index (χ0) is 11.6. The summed E-state index contributed by atoms with van der Waals surface area (Å²) in [6.45, 7) is 1.40. The number of rotatable bonds is 3. The van der Waals surface area contributed by atoms with Crippen molar-refractivity contribution in [2.24, 2.45) is 5.73 Å². The van der Waals surface area contributed by atoms with Gasteiger partial charge in [0.15, 0.2) is 0 Å². The molecule has 88 valence electrons. The van der Waals surface area contributed by atoms with Crippen molar-refractivity contribution in [1.29, 1.82) is 0 Å². The van der Waals surface area contributed by atoms with Crippen molar-refractivity contribution < 1.29 is 9.53 Å². The van der Waals surface area contributed by atoms with E-state index in [-0.39, 0.29) is 5.91 Å². The molecule has 1 atom stereocenters. The summed E-state index contributed by atoms with van der Waals surface area (Å²) in [5, 5.41) is 2.84. The van der Waals surface area contributed by atoms with Crippen molar-refractivity contribution >= 4 is 33.2 Å². The molecule has 6 heteroatoms. The summed E-state index contributed by atoms with van der Waals surface area (Å²) < 4.78 is 6.21. The molecule has 0 spiro atoms. The first-order valence-electron chi connectivity index (χ1n) is 4.99. The molecule has 1 fully saturated rings. The number of carbonyl (C=O) groups is 1. The third kappa shape index (κ3) is 2.63. The molecule has 1 unspecified atom stereocenters. The van der Waals surface area contributed by atoms with E-state index in [0.717, 1.165) is 8.66 Å². The number of amides is 1. The smallest absolute Gasteiger partial charge is 0.242 e. The van der Waals surface area contributed by atoms with Crippen molar-refractivity contribution in [2.45, 2.75) is 18.5 Å². The zero-order valence-corrected chi connectivity index (χ0v) is 11.1. The van der Waals surface area contributed by atoms with Gasteiger partial charge in [-0.1, -0.05) is 0 Å². The third-order valence-corrected chi connectivity index (χ3v) is 4.18. The van der Waals surface area contributed by atoms with Gasteiger partial charge in [-0.3, -0.25) is 4.79 Å². The van der Waals surface area contributed by atoms with E-state index in [1.807, 2.05) is 12.1 Å². The summed E-state index contributed by atoms with van der Waals surface area (Å²) in [4.78, 5) is 12.9. The Labute approximate surface area is 106 Å². The van der Waals surface area contributed by atoms with E-state index in [2.05, 4.69) is 21.2 Å². The maximum Gasteiger partial charge on any atom is 0.242 e. The second kappa shape index (κ2) is 4.83. The fourth-order valence-electron chi connectivity index (χ4n) is 1.55. The van der Waals surface area contributed by atoms with Crippen LogP contribution in [0.25, 0.3) is 0 Å². The molecule has 1 amide bonds. The third-order valence-electron chi connectivity index (χ3n) is 2.56. The number of ether oxygens (including phenoxy) is 1. The van der Waals surface area contributed by atoms with E-state index in [0.29, 0.717) is 26.2 Å². The van der Waals surface area contributed by atoms with E-state index < -0.39 is 5.54 Å². The van der Waals surface area contributed by atoms with Gasteiger partial charge >= 0.3 is 0 Å². The van der Waals surface area contributed by atoms with E-state index in [9.17, 15) is 4.79 Å². The lowest BCUT2D eigenvalue weighted by Gasteiger charge is -2.20. The number of thiophene rings is 1. The van der Waals surface area contributed by atoms with Crippen LogP contribution < -0.4 is 11.1 Å². The van der Waals surface area contributed by atoms with E-state index in [1.54, 1.807) is 11.3 Å². The Hall–Kier alpha value is -0.430. The standard InChI is InChI=1S/C10H13BrN2O2S/c11-8-2-1-7(16-8)5-13-9(14)10(12)3-4-15-6-10/h1-2H,3-6,12H2,(H,13,14). The minimum atomic E-state index is -0.839. The Morgan fingerprint density at radius 3 is 3.06 bits per heavy atom. The fraction of sp³-hybridized carbons (Fsp3) is 0.500. The van der Waals surface area contributed by atoms with Crippen molar-refractivity contribution in [3.05, 3.63) is 20.8 Å². The lowest BCUT2D eigenvalue weighted by molar-refractivity contribution is -0.126. The van der Waals surface area contributed by atoms with Crippen molar-refractivity contribution in [2.75, 3.05) is 13.2 Å². The van der Waals surface area contributed by atoms with Crippen LogP contribution >= 0.6 is 27.3 Å². The summed E-state index contributed by atoms with van der Waals surface area (Å²) >= 11 is 4.98. The Balaban J connectivity index is 1.88. The normalized spacial score (nSPS) is 24.6. The first kappa shape index (κ1) is 12.0. The number of hydrogen-bond donors (Lipinski definition) is 2. The molecule has 1 aromatic heterocycles. The molecule has 0 bridgehead atoms. The summed E-state index contributed by atoms with van der Waals surface area (Å²) in [6.07, 6.45) is 0.590. The molecule has 0 radical (unpaired) electrons. The molecule has 1 aliphatic rings. The molecule has 0 aliphatic carbocycles.